The van der Waals surface area contributed by atoms with E-state index in [0.717, 1.165) is 35.4 Å². The van der Waals surface area contributed by atoms with Crippen LogP contribution >= 0.6 is 23.6 Å². The van der Waals surface area contributed by atoms with Gasteiger partial charge in [0.05, 0.1) is 5.56 Å². The molecule has 0 spiro atoms. The highest BCUT2D eigenvalue weighted by molar-refractivity contribution is 7.80. The second kappa shape index (κ2) is 7.60. The monoisotopic (exact) mass is 367 g/mol. The fourth-order valence-electron chi connectivity index (χ4n) is 2.75. The highest BCUT2D eigenvalue weighted by Gasteiger charge is 2.22. The lowest BCUT2D eigenvalue weighted by Gasteiger charge is -2.07. The van der Waals surface area contributed by atoms with Crippen LogP contribution in [0.1, 0.15) is 33.6 Å². The van der Waals surface area contributed by atoms with Gasteiger partial charge in [0.15, 0.2) is 5.11 Å². The van der Waals surface area contributed by atoms with E-state index in [2.05, 4.69) is 16.7 Å². The molecule has 1 heterocycles. The molecule has 2 aromatic rings. The minimum atomic E-state index is -0.305. The zero-order chi connectivity index (χ0) is 17.8. The standard InChI is InChI=1S/C19H17N3OS2/c1-12-5-7-13(8-6-12)9-10-17(23)21-19(24)22-18-15(11-20)14-3-2-4-16(14)25-18/h5-10H,2-4H2,1H3,(H2,21,22,23,24)/b10-9+. The number of hydrogen-bond donors (Lipinski definition) is 2. The number of hydrogen-bond acceptors (Lipinski definition) is 4. The maximum absolute atomic E-state index is 12.0. The Hall–Kier alpha value is -2.49. The summed E-state index contributed by atoms with van der Waals surface area (Å²) in [6.07, 6.45) is 6.22. The van der Waals surface area contributed by atoms with E-state index in [1.165, 1.54) is 16.5 Å². The molecule has 1 aromatic carbocycles. The summed E-state index contributed by atoms with van der Waals surface area (Å²) in [4.78, 5) is 13.2. The van der Waals surface area contributed by atoms with Crippen LogP contribution in [0.4, 0.5) is 5.00 Å². The Bertz CT molecular complexity index is 889. The normalized spacial score (nSPS) is 12.6. The Balaban J connectivity index is 1.60. The molecule has 25 heavy (non-hydrogen) atoms. The molecular weight excluding hydrogens is 350 g/mol. The third kappa shape index (κ3) is 4.13. The molecule has 0 radical (unpaired) electrons. The van der Waals surface area contributed by atoms with E-state index < -0.39 is 0 Å². The number of carbonyl (C=O) groups excluding carboxylic acids is 1. The van der Waals surface area contributed by atoms with Crippen LogP contribution in [0, 0.1) is 18.3 Å². The van der Waals surface area contributed by atoms with E-state index in [1.807, 2.05) is 31.2 Å². The van der Waals surface area contributed by atoms with Gasteiger partial charge in [0.25, 0.3) is 0 Å². The number of thiophene rings is 1. The molecule has 1 amide bonds. The number of nitrogens with one attached hydrogen (secondary N) is 2. The van der Waals surface area contributed by atoms with Gasteiger partial charge in [-0.2, -0.15) is 5.26 Å². The summed E-state index contributed by atoms with van der Waals surface area (Å²) in [5.74, 6) is -0.305. The van der Waals surface area contributed by atoms with Crippen molar-refractivity contribution in [1.82, 2.24) is 5.32 Å². The molecule has 1 aromatic heterocycles. The molecule has 126 valence electrons. The topological polar surface area (TPSA) is 64.9 Å². The van der Waals surface area contributed by atoms with E-state index in [9.17, 15) is 10.1 Å². The van der Waals surface area contributed by atoms with E-state index >= 15 is 0 Å². The van der Waals surface area contributed by atoms with Crippen molar-refractivity contribution in [3.05, 3.63) is 57.5 Å². The summed E-state index contributed by atoms with van der Waals surface area (Å²) in [7, 11) is 0. The second-order valence-electron chi connectivity index (χ2n) is 5.86. The molecule has 0 atom stereocenters. The third-order valence-corrected chi connectivity index (χ3v) is 5.41. The summed E-state index contributed by atoms with van der Waals surface area (Å²) in [5.41, 5.74) is 3.90. The van der Waals surface area contributed by atoms with Gasteiger partial charge in [0.2, 0.25) is 5.91 Å². The van der Waals surface area contributed by atoms with Crippen LogP contribution in [-0.2, 0) is 17.6 Å². The van der Waals surface area contributed by atoms with Crippen LogP contribution in [0.25, 0.3) is 6.08 Å². The van der Waals surface area contributed by atoms with E-state index in [-0.39, 0.29) is 11.0 Å². The number of nitriles is 1. The van der Waals surface area contributed by atoms with Crippen molar-refractivity contribution in [1.29, 1.82) is 5.26 Å². The van der Waals surface area contributed by atoms with E-state index in [0.29, 0.717) is 5.56 Å². The van der Waals surface area contributed by atoms with Crippen molar-refractivity contribution in [2.75, 3.05) is 5.32 Å². The summed E-state index contributed by atoms with van der Waals surface area (Å²) in [6.45, 7) is 2.01. The van der Waals surface area contributed by atoms with Gasteiger partial charge in [-0.15, -0.1) is 11.3 Å². The van der Waals surface area contributed by atoms with Crippen LogP contribution in [0.15, 0.2) is 30.3 Å². The fraction of sp³-hybridized carbons (Fsp3) is 0.211. The Kier molecular flexibility index (Phi) is 5.27. The first-order valence-corrected chi connectivity index (χ1v) is 9.20. The van der Waals surface area contributed by atoms with Crippen molar-refractivity contribution in [2.45, 2.75) is 26.2 Å². The van der Waals surface area contributed by atoms with Crippen molar-refractivity contribution in [3.63, 3.8) is 0 Å². The van der Waals surface area contributed by atoms with Crippen LogP contribution < -0.4 is 10.6 Å². The predicted octanol–water partition coefficient (Wildman–Crippen LogP) is 3.94. The van der Waals surface area contributed by atoms with Crippen molar-refractivity contribution >= 4 is 45.7 Å². The molecule has 1 aliphatic rings. The van der Waals surface area contributed by atoms with Gasteiger partial charge >= 0.3 is 0 Å². The smallest absolute Gasteiger partial charge is 0.250 e. The number of carbonyl (C=O) groups is 1. The van der Waals surface area contributed by atoms with Gasteiger partial charge in [-0.3, -0.25) is 10.1 Å². The van der Waals surface area contributed by atoms with Gasteiger partial charge in [0, 0.05) is 11.0 Å². The van der Waals surface area contributed by atoms with Crippen LogP contribution in [0.2, 0.25) is 0 Å². The summed E-state index contributed by atoms with van der Waals surface area (Å²) in [5, 5.41) is 15.9. The highest BCUT2D eigenvalue weighted by Crippen LogP contribution is 2.38. The highest BCUT2D eigenvalue weighted by atomic mass is 32.1. The van der Waals surface area contributed by atoms with Crippen LogP contribution in [0.3, 0.4) is 0 Å². The zero-order valence-electron chi connectivity index (χ0n) is 13.8. The fourth-order valence-corrected chi connectivity index (χ4v) is 4.26. The van der Waals surface area contributed by atoms with Crippen LogP contribution in [-0.4, -0.2) is 11.0 Å². The average Bonchev–Trinajstić information content (AvgIpc) is 3.14. The molecular formula is C19H17N3OS2. The number of nitrogens with zero attached hydrogens (tertiary/aromatic N) is 1. The Morgan fingerprint density at radius 1 is 1.32 bits per heavy atom. The molecule has 0 saturated heterocycles. The summed E-state index contributed by atoms with van der Waals surface area (Å²) >= 11 is 6.74. The van der Waals surface area contributed by atoms with Gasteiger partial charge in [0.1, 0.15) is 11.1 Å². The second-order valence-corrected chi connectivity index (χ2v) is 7.37. The molecule has 0 saturated carbocycles. The molecule has 4 nitrogen and oxygen atoms in total. The minimum absolute atomic E-state index is 0.204. The Labute approximate surface area is 156 Å². The number of rotatable bonds is 3. The molecule has 3 rings (SSSR count). The first-order chi connectivity index (χ1) is 12.1. The lowest BCUT2D eigenvalue weighted by atomic mass is 10.1. The molecule has 0 fully saturated rings. The first kappa shape index (κ1) is 17.3. The number of fused-ring (bicyclic) bond motifs is 1. The molecule has 6 heteroatoms. The largest absolute Gasteiger partial charge is 0.323 e. The maximum atomic E-state index is 12.0. The molecule has 0 unspecified atom stereocenters. The van der Waals surface area contributed by atoms with Crippen LogP contribution in [0.5, 0.6) is 0 Å². The lowest BCUT2D eigenvalue weighted by molar-refractivity contribution is -0.115. The van der Waals surface area contributed by atoms with Gasteiger partial charge in [-0.25, -0.2) is 0 Å². The molecule has 0 bridgehead atoms. The number of aryl methyl sites for hydroxylation is 2. The van der Waals surface area contributed by atoms with Crippen molar-refractivity contribution < 1.29 is 4.79 Å². The summed E-state index contributed by atoms with van der Waals surface area (Å²) < 4.78 is 0. The van der Waals surface area contributed by atoms with Gasteiger partial charge in [-0.1, -0.05) is 29.8 Å². The quantitative estimate of drug-likeness (QED) is 0.637. The molecule has 0 aliphatic heterocycles. The number of anilines is 1. The lowest BCUT2D eigenvalue weighted by Crippen LogP contribution is -2.32. The number of thiocarbonyl (C=S) groups is 1. The third-order valence-electron chi connectivity index (χ3n) is 4.00. The first-order valence-electron chi connectivity index (χ1n) is 7.98. The number of amides is 1. The van der Waals surface area contributed by atoms with Gasteiger partial charge < -0.3 is 5.32 Å². The number of benzene rings is 1. The summed E-state index contributed by atoms with van der Waals surface area (Å²) in [6, 6.07) is 10.1. The SMILES string of the molecule is Cc1ccc(/C=C/C(=O)NC(=S)Nc2sc3c(c2C#N)CCC3)cc1. The van der Waals surface area contributed by atoms with Crippen molar-refractivity contribution in [2.24, 2.45) is 0 Å². The molecule has 1 aliphatic carbocycles. The maximum Gasteiger partial charge on any atom is 0.250 e. The average molecular weight is 367 g/mol. The Morgan fingerprint density at radius 3 is 2.80 bits per heavy atom. The minimum Gasteiger partial charge on any atom is -0.323 e. The molecule has 2 N–H and O–H groups in total. The van der Waals surface area contributed by atoms with E-state index in [1.54, 1.807) is 17.4 Å². The predicted molar refractivity (Wildman–Crippen MR) is 106 cm³/mol. The van der Waals surface area contributed by atoms with E-state index in [4.69, 9.17) is 12.2 Å². The van der Waals surface area contributed by atoms with Crippen molar-refractivity contribution in [3.8, 4) is 6.07 Å². The van der Waals surface area contributed by atoms with Gasteiger partial charge in [-0.05, 0) is 55.6 Å². The zero-order valence-corrected chi connectivity index (χ0v) is 15.4. The Morgan fingerprint density at radius 2 is 2.08 bits per heavy atom.